The summed E-state index contributed by atoms with van der Waals surface area (Å²) in [6.45, 7) is 1.53. The molecule has 0 amide bonds. The summed E-state index contributed by atoms with van der Waals surface area (Å²) in [6, 6.07) is 1.27. The zero-order chi connectivity index (χ0) is 15.5. The molecule has 0 saturated carbocycles. The van der Waals surface area contributed by atoms with Crippen LogP contribution in [0.5, 0.6) is 5.75 Å². The summed E-state index contributed by atoms with van der Waals surface area (Å²) in [5, 5.41) is 9.35. The summed E-state index contributed by atoms with van der Waals surface area (Å²) >= 11 is 5.71. The molecule has 0 fully saturated rings. The van der Waals surface area contributed by atoms with E-state index in [2.05, 4.69) is 4.74 Å². The predicted molar refractivity (Wildman–Crippen MR) is 64.6 cm³/mol. The number of alkyl halides is 3. The highest BCUT2D eigenvalue weighted by molar-refractivity contribution is 6.32. The third kappa shape index (κ3) is 3.55. The van der Waals surface area contributed by atoms with E-state index in [-0.39, 0.29) is 17.9 Å². The normalized spacial score (nSPS) is 12.9. The molecule has 4 nitrogen and oxygen atoms in total. The van der Waals surface area contributed by atoms with Gasteiger partial charge in [0, 0.05) is 0 Å². The minimum Gasteiger partial charge on any atom is -0.496 e. The number of methoxy groups -OCH3 is 1. The first-order valence-corrected chi connectivity index (χ1v) is 5.89. The molecule has 1 N–H and O–H groups in total. The van der Waals surface area contributed by atoms with Gasteiger partial charge in [0.15, 0.2) is 6.10 Å². The van der Waals surface area contributed by atoms with Crippen molar-refractivity contribution in [2.45, 2.75) is 19.2 Å². The van der Waals surface area contributed by atoms with Crippen molar-refractivity contribution >= 4 is 17.6 Å². The van der Waals surface area contributed by atoms with Crippen LogP contribution in [0.15, 0.2) is 12.1 Å². The molecule has 0 heterocycles. The van der Waals surface area contributed by atoms with Crippen molar-refractivity contribution in [1.82, 2.24) is 0 Å². The molecule has 0 aliphatic carbocycles. The maximum atomic E-state index is 12.6. The number of carbonyl (C=O) groups is 1. The van der Waals surface area contributed by atoms with Crippen molar-refractivity contribution in [1.29, 1.82) is 0 Å². The van der Waals surface area contributed by atoms with Gasteiger partial charge in [0.1, 0.15) is 5.75 Å². The standard InChI is InChI=1S/C12H12ClF3O4/c1-3-20-11(18)10(17)9-7(13)4-6(12(14,15)16)5-8(9)19-2/h4-5,10,17H,3H2,1-2H3. The first-order valence-electron chi connectivity index (χ1n) is 5.51. The van der Waals surface area contributed by atoms with E-state index >= 15 is 0 Å². The number of rotatable bonds is 4. The summed E-state index contributed by atoms with van der Waals surface area (Å²) in [4.78, 5) is 11.4. The van der Waals surface area contributed by atoms with Gasteiger partial charge in [0.2, 0.25) is 0 Å². The molecule has 1 unspecified atom stereocenters. The van der Waals surface area contributed by atoms with Gasteiger partial charge in [-0.05, 0) is 19.1 Å². The zero-order valence-electron chi connectivity index (χ0n) is 10.6. The van der Waals surface area contributed by atoms with Gasteiger partial charge in [-0.2, -0.15) is 13.2 Å². The summed E-state index contributed by atoms with van der Waals surface area (Å²) < 4.78 is 47.2. The molecule has 0 aliphatic heterocycles. The van der Waals surface area contributed by atoms with E-state index in [1.165, 1.54) is 6.92 Å². The highest BCUT2D eigenvalue weighted by atomic mass is 35.5. The first kappa shape index (κ1) is 16.6. The van der Waals surface area contributed by atoms with Crippen LogP contribution in [0, 0.1) is 0 Å². The molecule has 0 aromatic heterocycles. The number of ether oxygens (including phenoxy) is 2. The van der Waals surface area contributed by atoms with Gasteiger partial charge in [-0.25, -0.2) is 4.79 Å². The Bertz CT molecular complexity index is 502. The SMILES string of the molecule is CCOC(=O)C(O)c1c(Cl)cc(C(F)(F)F)cc1OC. The summed E-state index contributed by atoms with van der Waals surface area (Å²) in [5.74, 6) is -1.36. The molecule has 0 radical (unpaired) electrons. The summed E-state index contributed by atoms with van der Waals surface area (Å²) in [7, 11) is 1.10. The van der Waals surface area contributed by atoms with Crippen LogP contribution >= 0.6 is 11.6 Å². The number of aliphatic hydroxyl groups is 1. The Morgan fingerprint density at radius 1 is 1.45 bits per heavy atom. The predicted octanol–water partition coefficient (Wildman–Crippen LogP) is 2.96. The number of benzene rings is 1. The topological polar surface area (TPSA) is 55.8 Å². The highest BCUT2D eigenvalue weighted by Crippen LogP contribution is 2.39. The second kappa shape index (κ2) is 6.32. The molecule has 20 heavy (non-hydrogen) atoms. The maximum Gasteiger partial charge on any atom is 0.416 e. The molecule has 0 aliphatic rings. The van der Waals surface area contributed by atoms with Crippen molar-refractivity contribution in [2.75, 3.05) is 13.7 Å². The largest absolute Gasteiger partial charge is 0.496 e. The third-order valence-corrected chi connectivity index (χ3v) is 2.73. The van der Waals surface area contributed by atoms with E-state index in [4.69, 9.17) is 16.3 Å². The Labute approximate surface area is 118 Å². The van der Waals surface area contributed by atoms with Gasteiger partial charge < -0.3 is 14.6 Å². The van der Waals surface area contributed by atoms with Crippen molar-refractivity contribution in [2.24, 2.45) is 0 Å². The van der Waals surface area contributed by atoms with Gasteiger partial charge >= 0.3 is 12.1 Å². The number of esters is 1. The lowest BCUT2D eigenvalue weighted by Crippen LogP contribution is -2.17. The Kier molecular flexibility index (Phi) is 5.24. The van der Waals surface area contributed by atoms with Crippen LogP contribution in [0.2, 0.25) is 5.02 Å². The molecule has 1 atom stereocenters. The van der Waals surface area contributed by atoms with E-state index in [0.29, 0.717) is 12.1 Å². The van der Waals surface area contributed by atoms with Crippen molar-refractivity contribution in [3.63, 3.8) is 0 Å². The molecule has 1 rings (SSSR count). The first-order chi connectivity index (χ1) is 9.22. The second-order valence-corrected chi connectivity index (χ2v) is 4.13. The lowest BCUT2D eigenvalue weighted by atomic mass is 10.0. The molecule has 0 spiro atoms. The smallest absolute Gasteiger partial charge is 0.416 e. The number of hydrogen-bond donors (Lipinski definition) is 1. The Morgan fingerprint density at radius 3 is 2.50 bits per heavy atom. The van der Waals surface area contributed by atoms with Crippen molar-refractivity contribution in [3.05, 3.63) is 28.3 Å². The van der Waals surface area contributed by atoms with Crippen molar-refractivity contribution in [3.8, 4) is 5.75 Å². The summed E-state index contributed by atoms with van der Waals surface area (Å²) in [5.41, 5.74) is -1.31. The van der Waals surface area contributed by atoms with Gasteiger partial charge in [-0.1, -0.05) is 11.6 Å². The van der Waals surface area contributed by atoms with Crippen LogP contribution in [-0.2, 0) is 15.7 Å². The fourth-order valence-corrected chi connectivity index (χ4v) is 1.84. The van der Waals surface area contributed by atoms with Crippen LogP contribution in [0.4, 0.5) is 13.2 Å². The average molecular weight is 313 g/mol. The molecular formula is C12H12ClF3O4. The number of hydrogen-bond acceptors (Lipinski definition) is 4. The molecule has 0 bridgehead atoms. The lowest BCUT2D eigenvalue weighted by molar-refractivity contribution is -0.153. The van der Waals surface area contributed by atoms with Gasteiger partial charge in [0.05, 0.1) is 29.9 Å². The van der Waals surface area contributed by atoms with Gasteiger partial charge in [-0.3, -0.25) is 0 Å². The quantitative estimate of drug-likeness (QED) is 0.868. The Balaban J connectivity index is 3.30. The van der Waals surface area contributed by atoms with E-state index < -0.39 is 28.8 Å². The number of halogens is 4. The highest BCUT2D eigenvalue weighted by Gasteiger charge is 2.34. The van der Waals surface area contributed by atoms with E-state index in [0.717, 1.165) is 7.11 Å². The number of carbonyl (C=O) groups excluding carboxylic acids is 1. The minimum absolute atomic E-state index is 0.0104. The Hall–Kier alpha value is -1.47. The molecule has 0 saturated heterocycles. The van der Waals surface area contributed by atoms with Crippen LogP contribution in [-0.4, -0.2) is 24.8 Å². The molecule has 112 valence electrons. The van der Waals surface area contributed by atoms with E-state index in [1.54, 1.807) is 0 Å². The van der Waals surface area contributed by atoms with Crippen LogP contribution < -0.4 is 4.74 Å². The third-order valence-electron chi connectivity index (χ3n) is 2.42. The molecule has 1 aromatic carbocycles. The molecular weight excluding hydrogens is 301 g/mol. The summed E-state index contributed by atoms with van der Waals surface area (Å²) in [6.07, 6.45) is -6.44. The Morgan fingerprint density at radius 2 is 2.05 bits per heavy atom. The average Bonchev–Trinajstić information content (AvgIpc) is 2.36. The fraction of sp³-hybridized carbons (Fsp3) is 0.417. The fourth-order valence-electron chi connectivity index (χ4n) is 1.53. The maximum absolute atomic E-state index is 12.6. The van der Waals surface area contributed by atoms with Crippen molar-refractivity contribution < 1.29 is 32.5 Å². The van der Waals surface area contributed by atoms with Gasteiger partial charge in [-0.15, -0.1) is 0 Å². The van der Waals surface area contributed by atoms with Crippen LogP contribution in [0.1, 0.15) is 24.2 Å². The lowest BCUT2D eigenvalue weighted by Gasteiger charge is -2.17. The van der Waals surface area contributed by atoms with Crippen LogP contribution in [0.25, 0.3) is 0 Å². The number of aliphatic hydroxyl groups excluding tert-OH is 1. The molecule has 8 heteroatoms. The van der Waals surface area contributed by atoms with E-state index in [1.807, 2.05) is 0 Å². The van der Waals surface area contributed by atoms with E-state index in [9.17, 15) is 23.1 Å². The van der Waals surface area contributed by atoms with Crippen LogP contribution in [0.3, 0.4) is 0 Å². The minimum atomic E-state index is -4.62. The molecule has 1 aromatic rings. The van der Waals surface area contributed by atoms with Gasteiger partial charge in [0.25, 0.3) is 0 Å². The monoisotopic (exact) mass is 312 g/mol. The second-order valence-electron chi connectivity index (χ2n) is 3.73. The zero-order valence-corrected chi connectivity index (χ0v) is 11.4.